The summed E-state index contributed by atoms with van der Waals surface area (Å²) in [5, 5.41) is 0. The van der Waals surface area contributed by atoms with Crippen LogP contribution in [0.1, 0.15) is 19.4 Å². The molecule has 21 heavy (non-hydrogen) atoms. The fourth-order valence-electron chi connectivity index (χ4n) is 2.52. The van der Waals surface area contributed by atoms with E-state index in [1.165, 1.54) is 5.56 Å². The lowest BCUT2D eigenvalue weighted by Crippen LogP contribution is -1.95. The van der Waals surface area contributed by atoms with E-state index < -0.39 is 0 Å². The van der Waals surface area contributed by atoms with Gasteiger partial charge >= 0.3 is 0 Å². The SMILES string of the molecule is CCOc1cccc2c1[nH]c(=S)n2-c1ccc(CC)cc1. The number of hydrogen-bond acceptors (Lipinski definition) is 2. The van der Waals surface area contributed by atoms with Crippen LogP contribution in [0.15, 0.2) is 42.5 Å². The quantitative estimate of drug-likeness (QED) is 0.711. The Morgan fingerprint density at radius 3 is 2.52 bits per heavy atom. The summed E-state index contributed by atoms with van der Waals surface area (Å²) in [5.74, 6) is 0.838. The Kier molecular flexibility index (Phi) is 3.80. The molecular weight excluding hydrogens is 280 g/mol. The first-order valence-electron chi connectivity index (χ1n) is 7.20. The monoisotopic (exact) mass is 298 g/mol. The maximum absolute atomic E-state index is 5.67. The minimum absolute atomic E-state index is 0.635. The second-order valence-corrected chi connectivity index (χ2v) is 5.26. The van der Waals surface area contributed by atoms with Crippen molar-refractivity contribution >= 4 is 23.3 Å². The molecule has 0 aliphatic rings. The number of aromatic nitrogens is 2. The lowest BCUT2D eigenvalue weighted by molar-refractivity contribution is 0.343. The molecule has 0 aliphatic carbocycles. The Labute approximate surface area is 129 Å². The van der Waals surface area contributed by atoms with Crippen LogP contribution >= 0.6 is 12.2 Å². The number of hydrogen-bond donors (Lipinski definition) is 1. The van der Waals surface area contributed by atoms with Crippen molar-refractivity contribution in [3.63, 3.8) is 0 Å². The maximum Gasteiger partial charge on any atom is 0.182 e. The molecule has 0 amide bonds. The van der Waals surface area contributed by atoms with Gasteiger partial charge in [-0.2, -0.15) is 0 Å². The number of fused-ring (bicyclic) bond motifs is 1. The van der Waals surface area contributed by atoms with Gasteiger partial charge in [-0.15, -0.1) is 0 Å². The summed E-state index contributed by atoms with van der Waals surface area (Å²) in [7, 11) is 0. The third-order valence-electron chi connectivity index (χ3n) is 3.58. The highest BCUT2D eigenvalue weighted by molar-refractivity contribution is 7.71. The first-order valence-corrected chi connectivity index (χ1v) is 7.61. The largest absolute Gasteiger partial charge is 0.492 e. The van der Waals surface area contributed by atoms with Crippen molar-refractivity contribution in [2.45, 2.75) is 20.3 Å². The molecule has 0 atom stereocenters. The van der Waals surface area contributed by atoms with E-state index in [0.717, 1.165) is 28.9 Å². The van der Waals surface area contributed by atoms with Crippen molar-refractivity contribution in [3.8, 4) is 11.4 Å². The van der Waals surface area contributed by atoms with Crippen molar-refractivity contribution < 1.29 is 4.74 Å². The topological polar surface area (TPSA) is 29.9 Å². The Hall–Kier alpha value is -2.07. The molecule has 108 valence electrons. The molecule has 0 saturated heterocycles. The molecule has 0 fully saturated rings. The molecule has 3 aromatic rings. The summed E-state index contributed by atoms with van der Waals surface area (Å²) in [6.07, 6.45) is 1.04. The highest BCUT2D eigenvalue weighted by atomic mass is 32.1. The van der Waals surface area contributed by atoms with Crippen LogP contribution < -0.4 is 4.74 Å². The highest BCUT2D eigenvalue weighted by Crippen LogP contribution is 2.27. The average Bonchev–Trinajstić information content (AvgIpc) is 2.85. The van der Waals surface area contributed by atoms with Crippen LogP contribution in [0, 0.1) is 4.77 Å². The highest BCUT2D eigenvalue weighted by Gasteiger charge is 2.10. The first kappa shape index (κ1) is 13.9. The third kappa shape index (κ3) is 2.47. The van der Waals surface area contributed by atoms with Gasteiger partial charge in [0, 0.05) is 5.69 Å². The number of H-pyrrole nitrogens is 1. The fraction of sp³-hybridized carbons (Fsp3) is 0.235. The van der Waals surface area contributed by atoms with E-state index in [-0.39, 0.29) is 0 Å². The molecule has 0 radical (unpaired) electrons. The Bertz CT molecular complexity index is 815. The molecule has 0 aliphatic heterocycles. The Balaban J connectivity index is 2.20. The fourth-order valence-corrected chi connectivity index (χ4v) is 2.82. The normalized spacial score (nSPS) is 11.0. The van der Waals surface area contributed by atoms with E-state index in [1.807, 2.05) is 23.6 Å². The summed E-state index contributed by atoms with van der Waals surface area (Å²) in [6, 6.07) is 14.5. The molecule has 1 heterocycles. The number of para-hydroxylation sites is 1. The van der Waals surface area contributed by atoms with Crippen LogP contribution in [0.25, 0.3) is 16.7 Å². The molecule has 0 bridgehead atoms. The predicted molar refractivity (Wildman–Crippen MR) is 89.0 cm³/mol. The van der Waals surface area contributed by atoms with Gasteiger partial charge in [0.25, 0.3) is 0 Å². The molecule has 1 N–H and O–H groups in total. The first-order chi connectivity index (χ1) is 10.2. The van der Waals surface area contributed by atoms with Crippen LogP contribution in [0.4, 0.5) is 0 Å². The zero-order valence-corrected chi connectivity index (χ0v) is 13.0. The Morgan fingerprint density at radius 1 is 1.10 bits per heavy atom. The number of rotatable bonds is 4. The van der Waals surface area contributed by atoms with Gasteiger partial charge in [-0.1, -0.05) is 25.1 Å². The zero-order valence-electron chi connectivity index (χ0n) is 12.2. The summed E-state index contributed by atoms with van der Waals surface area (Å²) < 4.78 is 8.40. The molecule has 4 heteroatoms. The van der Waals surface area contributed by atoms with E-state index in [9.17, 15) is 0 Å². The average molecular weight is 298 g/mol. The second-order valence-electron chi connectivity index (χ2n) is 4.87. The molecular formula is C17H18N2OS. The number of nitrogens with one attached hydrogen (secondary N) is 1. The molecule has 3 nitrogen and oxygen atoms in total. The van der Waals surface area contributed by atoms with E-state index >= 15 is 0 Å². The van der Waals surface area contributed by atoms with E-state index in [4.69, 9.17) is 17.0 Å². The van der Waals surface area contributed by atoms with Crippen molar-refractivity contribution in [1.82, 2.24) is 9.55 Å². The summed E-state index contributed by atoms with van der Waals surface area (Å²) >= 11 is 5.49. The van der Waals surface area contributed by atoms with Gasteiger partial charge in [0.05, 0.1) is 12.1 Å². The summed E-state index contributed by atoms with van der Waals surface area (Å²) in [4.78, 5) is 3.26. The van der Waals surface area contributed by atoms with Gasteiger partial charge in [0.2, 0.25) is 0 Å². The van der Waals surface area contributed by atoms with Gasteiger partial charge in [0.1, 0.15) is 11.3 Å². The summed E-state index contributed by atoms with van der Waals surface area (Å²) in [5.41, 5.74) is 4.37. The van der Waals surface area contributed by atoms with Gasteiger partial charge in [-0.3, -0.25) is 4.57 Å². The van der Waals surface area contributed by atoms with Gasteiger partial charge in [0.15, 0.2) is 4.77 Å². The molecule has 2 aromatic carbocycles. The van der Waals surface area contributed by atoms with Crippen molar-refractivity contribution in [1.29, 1.82) is 0 Å². The van der Waals surface area contributed by atoms with Gasteiger partial charge in [-0.25, -0.2) is 0 Å². The van der Waals surface area contributed by atoms with Crippen LogP contribution in [-0.4, -0.2) is 16.2 Å². The van der Waals surface area contributed by atoms with Crippen molar-refractivity contribution in [2.75, 3.05) is 6.61 Å². The van der Waals surface area contributed by atoms with E-state index in [0.29, 0.717) is 11.4 Å². The smallest absolute Gasteiger partial charge is 0.182 e. The second kappa shape index (κ2) is 5.74. The lowest BCUT2D eigenvalue weighted by Gasteiger charge is -2.07. The van der Waals surface area contributed by atoms with E-state index in [2.05, 4.69) is 42.2 Å². The molecule has 0 saturated carbocycles. The van der Waals surface area contributed by atoms with Gasteiger partial charge < -0.3 is 9.72 Å². The van der Waals surface area contributed by atoms with Crippen LogP contribution in [-0.2, 0) is 6.42 Å². The minimum Gasteiger partial charge on any atom is -0.492 e. The Morgan fingerprint density at radius 2 is 1.86 bits per heavy atom. The maximum atomic E-state index is 5.67. The van der Waals surface area contributed by atoms with Crippen LogP contribution in [0.5, 0.6) is 5.75 Å². The standard InChI is InChI=1S/C17H18N2OS/c1-3-12-8-10-13(11-9-12)19-14-6-5-7-15(20-4-2)16(14)18-17(19)21/h5-11H,3-4H2,1-2H3,(H,18,21). The molecule has 0 spiro atoms. The number of ether oxygens (including phenoxy) is 1. The van der Waals surface area contributed by atoms with E-state index in [1.54, 1.807) is 0 Å². The number of benzene rings is 2. The lowest BCUT2D eigenvalue weighted by atomic mass is 10.1. The predicted octanol–water partition coefficient (Wildman–Crippen LogP) is 4.65. The minimum atomic E-state index is 0.635. The van der Waals surface area contributed by atoms with Crippen LogP contribution in [0.3, 0.4) is 0 Å². The van der Waals surface area contributed by atoms with Crippen molar-refractivity contribution in [2.24, 2.45) is 0 Å². The molecule has 1 aromatic heterocycles. The number of imidazole rings is 1. The molecule has 0 unspecified atom stereocenters. The number of nitrogens with zero attached hydrogens (tertiary/aromatic N) is 1. The van der Waals surface area contributed by atoms with Crippen LogP contribution in [0.2, 0.25) is 0 Å². The molecule has 3 rings (SSSR count). The summed E-state index contributed by atoms with van der Waals surface area (Å²) in [6.45, 7) is 4.77. The van der Waals surface area contributed by atoms with Crippen molar-refractivity contribution in [3.05, 3.63) is 52.8 Å². The third-order valence-corrected chi connectivity index (χ3v) is 3.87. The van der Waals surface area contributed by atoms with Gasteiger partial charge in [-0.05, 0) is 55.4 Å². The number of aromatic amines is 1. The zero-order chi connectivity index (χ0) is 14.8. The number of aryl methyl sites for hydroxylation is 1.